The van der Waals surface area contributed by atoms with Crippen LogP contribution in [0.5, 0.6) is 17.2 Å². The Morgan fingerprint density at radius 2 is 0.963 bits per heavy atom. The number of aromatic hydroxyl groups is 3. The van der Waals surface area contributed by atoms with Crippen LogP contribution in [-0.2, 0) is 28.9 Å². The maximum absolute atomic E-state index is 11.1. The molecule has 9 unspecified atom stereocenters. The van der Waals surface area contributed by atoms with Crippen LogP contribution in [0.2, 0.25) is 0 Å². The van der Waals surface area contributed by atoms with Gasteiger partial charge in [-0.1, -0.05) is 60.4 Å². The third kappa shape index (κ3) is 10.4. The van der Waals surface area contributed by atoms with E-state index in [-0.39, 0.29) is 69.2 Å². The maximum atomic E-state index is 11.1. The molecule has 6 saturated carbocycles. The quantitative estimate of drug-likeness (QED) is 0.0729. The Morgan fingerprint density at radius 3 is 1.40 bits per heavy atom. The van der Waals surface area contributed by atoms with Crippen LogP contribution in [0, 0.1) is 64.1 Å². The largest absolute Gasteiger partial charge is 0.508 e. The van der Waals surface area contributed by atoms with Gasteiger partial charge in [0.2, 0.25) is 19.8 Å². The fourth-order valence-electron chi connectivity index (χ4n) is 17.2. The van der Waals surface area contributed by atoms with Crippen LogP contribution in [0.15, 0.2) is 70.1 Å². The molecule has 434 valence electrons. The molecule has 12 rings (SSSR count). The first-order valence-corrected chi connectivity index (χ1v) is 28.5. The molecule has 0 spiro atoms. The first-order valence-electron chi connectivity index (χ1n) is 28.5. The fourth-order valence-corrected chi connectivity index (χ4v) is 17.2. The van der Waals surface area contributed by atoms with Gasteiger partial charge in [0.1, 0.15) is 22.8 Å². The molecule has 0 radical (unpaired) electrons. The molecular weight excluding hydrogens is 1040 g/mol. The predicted octanol–water partition coefficient (Wildman–Crippen LogP) is 7.59. The molecule has 10 N–H and O–H groups in total. The van der Waals surface area contributed by atoms with Gasteiger partial charge in [-0.3, -0.25) is 0 Å². The molecule has 3 aromatic rings. The van der Waals surface area contributed by atoms with Crippen molar-refractivity contribution in [1.82, 2.24) is 0 Å². The van der Waals surface area contributed by atoms with E-state index in [4.69, 9.17) is 36.3 Å². The lowest BCUT2D eigenvalue weighted by atomic mass is 9.53. The molecule has 9 aliphatic rings. The molecule has 6 fully saturated rings. The van der Waals surface area contributed by atoms with Crippen molar-refractivity contribution in [3.8, 4) is 29.6 Å². The van der Waals surface area contributed by atoms with Crippen LogP contribution in [0.4, 0.5) is 0 Å². The van der Waals surface area contributed by atoms with E-state index in [0.29, 0.717) is 72.9 Å². The van der Waals surface area contributed by atoms with E-state index in [1.165, 1.54) is 0 Å². The number of carbonyl (C=O) groups is 3. The number of aliphatic hydroxyl groups excluding tert-OH is 3. The van der Waals surface area contributed by atoms with Gasteiger partial charge in [-0.25, -0.2) is 14.4 Å². The first kappa shape index (κ1) is 57.5. The Labute approximate surface area is 470 Å². The van der Waals surface area contributed by atoms with Gasteiger partial charge >= 0.3 is 17.9 Å². The molecule has 9 aliphatic carbocycles. The first-order chi connectivity index (χ1) is 38.5. The average Bonchev–Trinajstić information content (AvgIpc) is 3.39. The van der Waals surface area contributed by atoms with E-state index in [2.05, 4.69) is 42.2 Å². The number of nitrogens with zero attached hydrogens (tertiary/aromatic N) is 3. The van der Waals surface area contributed by atoms with Crippen LogP contribution >= 0.6 is 0 Å². The van der Waals surface area contributed by atoms with Crippen molar-refractivity contribution in [1.29, 1.82) is 0 Å². The Morgan fingerprint density at radius 1 is 0.556 bits per heavy atom. The van der Waals surface area contributed by atoms with Crippen molar-refractivity contribution in [3.63, 3.8) is 0 Å². The van der Waals surface area contributed by atoms with E-state index < -0.39 is 55.5 Å². The van der Waals surface area contributed by atoms with Crippen LogP contribution in [0.25, 0.3) is 0 Å². The van der Waals surface area contributed by atoms with Gasteiger partial charge in [-0.05, 0) is 207 Å². The summed E-state index contributed by atoms with van der Waals surface area (Å²) in [5.74, 6) is 2.38. The number of aliphatic carboxylic acids is 3. The molecular formula is C62H75N3O16. The number of terminal acetylenes is 1. The second-order valence-corrected chi connectivity index (χ2v) is 25.1. The number of benzene rings is 3. The molecule has 3 aromatic carbocycles. The van der Waals surface area contributed by atoms with E-state index in [9.17, 15) is 50.1 Å². The van der Waals surface area contributed by atoms with Crippen LogP contribution in [-0.4, -0.2) is 130 Å². The second-order valence-electron chi connectivity index (χ2n) is 25.1. The molecule has 19 nitrogen and oxygen atoms in total. The Kier molecular flexibility index (Phi) is 15.8. The van der Waals surface area contributed by atoms with Crippen LogP contribution < -0.4 is 0 Å². The number of hydrogen-bond donors (Lipinski definition) is 10. The minimum Gasteiger partial charge on any atom is -0.508 e. The van der Waals surface area contributed by atoms with Crippen molar-refractivity contribution < 1.29 is 80.0 Å². The normalized spacial score (nSPS) is 37.7. The number of phenols is 3. The number of hydrogen-bond acceptors (Lipinski definition) is 16. The van der Waals surface area contributed by atoms with Crippen molar-refractivity contribution in [2.24, 2.45) is 67.2 Å². The highest BCUT2D eigenvalue weighted by atomic mass is 16.6. The number of carboxylic acids is 3. The van der Waals surface area contributed by atoms with Gasteiger partial charge in [0.05, 0.1) is 35.4 Å². The minimum absolute atomic E-state index is 0.0530. The molecule has 16 atom stereocenters. The molecule has 0 amide bonds. The van der Waals surface area contributed by atoms with Gasteiger partial charge in [-0.15, -0.1) is 6.42 Å². The van der Waals surface area contributed by atoms with Crippen LogP contribution in [0.1, 0.15) is 162 Å². The maximum Gasteiger partial charge on any atom is 0.344 e. The molecule has 19 heteroatoms. The summed E-state index contributed by atoms with van der Waals surface area (Å²) in [6.45, 7) is 4.85. The topological polar surface area (TPSA) is 318 Å². The summed E-state index contributed by atoms with van der Waals surface area (Å²) in [7, 11) is 0. The standard InChI is InChI=1S/C22H25NO5.C20H25NO6.C20H25NO5/c1-3-22(27)9-7-18-16-11-19(23-28-12-20(25)26)17-10-13(24)4-5-14(17)15(16)6-8-21(18,22)2;1-20-5-4-12-11-3-2-10(22)6-14(11)16(21-27-9-18(24)25)7-13(12)15(20)8-17(23)19(20)26;1-20-7-6-13-12-3-2-11(22)8-15(12)17(21-26-10-19(24)25)9-14(13)16(20)4-5-18(20)23/h1,4-5,10,15-16,18,24,27H,6-9,11-12H2,2H3,(H,25,26);2-3,6,12-13,15,17,19,22-23,26H,4-5,7-9H2,1H3,(H,24,25);2-3,8,13-14,16,18,22-23H,4-7,9-10H2,1H3,(H,24,25)/b23-19+;21-16+;21-17+/t15?,16?,18?,21-,22-;12?,13?,15?,17-,19+,20+;13?,14?,16?,18-,20+/m011/s1. The molecule has 0 aromatic heterocycles. The highest BCUT2D eigenvalue weighted by Crippen LogP contribution is 2.65. The number of carboxylic acid groups (broad SMARTS) is 3. The lowest BCUT2D eigenvalue weighted by Crippen LogP contribution is -2.50. The zero-order valence-electron chi connectivity index (χ0n) is 46.0. The fraction of sp³-hybridized carbons (Fsp3) is 0.581. The number of rotatable bonds is 9. The van der Waals surface area contributed by atoms with E-state index in [1.54, 1.807) is 36.4 Å². The molecule has 81 heavy (non-hydrogen) atoms. The van der Waals surface area contributed by atoms with Crippen molar-refractivity contribution >= 4 is 35.0 Å². The zero-order chi connectivity index (χ0) is 57.9. The van der Waals surface area contributed by atoms with Crippen molar-refractivity contribution in [3.05, 3.63) is 88.0 Å². The minimum atomic E-state index is -1.10. The average molecular weight is 1120 g/mol. The molecule has 0 aliphatic heterocycles. The number of oxime groups is 3. The van der Waals surface area contributed by atoms with E-state index in [0.717, 1.165) is 91.2 Å². The molecule has 0 saturated heterocycles. The van der Waals surface area contributed by atoms with Crippen molar-refractivity contribution in [2.75, 3.05) is 19.8 Å². The number of fused-ring (bicyclic) bond motifs is 15. The summed E-state index contributed by atoms with van der Waals surface area (Å²) >= 11 is 0. The van der Waals surface area contributed by atoms with Gasteiger partial charge < -0.3 is 65.6 Å². The van der Waals surface area contributed by atoms with Gasteiger partial charge in [0.25, 0.3) is 0 Å². The lowest BCUT2D eigenvalue weighted by Gasteiger charge is -2.52. The molecule has 0 heterocycles. The number of aliphatic hydroxyl groups is 4. The van der Waals surface area contributed by atoms with Crippen LogP contribution in [0.3, 0.4) is 0 Å². The summed E-state index contributed by atoms with van der Waals surface area (Å²) in [5, 5.41) is 111. The highest BCUT2D eigenvalue weighted by Gasteiger charge is 2.62. The third-order valence-electron chi connectivity index (χ3n) is 21.2. The smallest absolute Gasteiger partial charge is 0.344 e. The summed E-state index contributed by atoms with van der Waals surface area (Å²) in [6.07, 6.45) is 15.2. The second kappa shape index (κ2) is 22.2. The Hall–Kier alpha value is -6.72. The zero-order valence-corrected chi connectivity index (χ0v) is 46.0. The van der Waals surface area contributed by atoms with Gasteiger partial charge in [-0.2, -0.15) is 0 Å². The van der Waals surface area contributed by atoms with Gasteiger partial charge in [0.15, 0.2) is 0 Å². The molecule has 0 bridgehead atoms. The Balaban J connectivity index is 0.000000136. The third-order valence-corrected chi connectivity index (χ3v) is 21.2. The monoisotopic (exact) mass is 1120 g/mol. The Bertz CT molecular complexity index is 3080. The predicted molar refractivity (Wildman–Crippen MR) is 295 cm³/mol. The number of phenolic OH excluding ortho intramolecular Hbond substituents is 3. The summed E-state index contributed by atoms with van der Waals surface area (Å²) < 4.78 is 0. The summed E-state index contributed by atoms with van der Waals surface area (Å²) in [4.78, 5) is 47.3. The van der Waals surface area contributed by atoms with E-state index in [1.807, 2.05) is 18.2 Å². The van der Waals surface area contributed by atoms with Gasteiger partial charge in [0, 0.05) is 22.1 Å². The SMILES string of the molecule is C#C[C@]1(O)CCC2C3C/C(=N\OCC(=O)O)c4cc(O)ccc4C3CC[C@@]21C.C[C@]12CCC3c4ccc(O)cc4/C(=N/OCC(=O)O)CC3C1CC[C@H]2O.C[C@]12CCC3c4ccc(O)cc4/C(=N/OCC(=O)O)CC3C1C[C@@H](O)[C@@H]2O. The van der Waals surface area contributed by atoms with Crippen molar-refractivity contribution in [2.45, 2.75) is 152 Å². The summed E-state index contributed by atoms with van der Waals surface area (Å²) in [5.41, 5.74) is 5.94. The lowest BCUT2D eigenvalue weighted by molar-refractivity contribution is -0.143. The van der Waals surface area contributed by atoms with E-state index >= 15 is 0 Å². The summed E-state index contributed by atoms with van der Waals surface area (Å²) in [6, 6.07) is 15.9. The highest BCUT2D eigenvalue weighted by molar-refractivity contribution is 6.05.